The molecule has 1 unspecified atom stereocenters. The smallest absolute Gasteiger partial charge is 0.182 e. The van der Waals surface area contributed by atoms with Crippen LogP contribution >= 0.6 is 0 Å². The van der Waals surface area contributed by atoms with E-state index in [2.05, 4.69) is 18.1 Å². The number of carbonyl (C=O) groups excluding carboxylic acids is 1. The number of nitrogens with one attached hydrogen (secondary N) is 1. The average Bonchev–Trinajstić information content (AvgIpc) is 2.63. The van der Waals surface area contributed by atoms with Gasteiger partial charge in [0.2, 0.25) is 0 Å². The molecule has 1 atom stereocenters. The van der Waals surface area contributed by atoms with Crippen molar-refractivity contribution < 1.29 is 33.7 Å². The fourth-order valence-electron chi connectivity index (χ4n) is 2.28. The first-order valence-corrected chi connectivity index (χ1v) is 5.92. The molecule has 0 radical (unpaired) electrons. The van der Waals surface area contributed by atoms with Crippen molar-refractivity contribution in [2.24, 2.45) is 0 Å². The third kappa shape index (κ3) is 3.32. The quantitative estimate of drug-likeness (QED) is 0.488. The Morgan fingerprint density at radius 1 is 1.33 bits per heavy atom. The molecule has 1 N–H and O–H groups in total. The van der Waals surface area contributed by atoms with Crippen LogP contribution in [0.3, 0.4) is 0 Å². The molecule has 0 bridgehead atoms. The summed E-state index contributed by atoms with van der Waals surface area (Å²) in [6.07, 6.45) is 4.07. The van der Waals surface area contributed by atoms with Crippen molar-refractivity contribution in [2.75, 3.05) is 20.3 Å². The van der Waals surface area contributed by atoms with Gasteiger partial charge in [-0.25, -0.2) is 0 Å². The number of halogens is 1. The van der Waals surface area contributed by atoms with Crippen LogP contribution in [0, 0.1) is 13.8 Å². The monoisotopic (exact) mass is 358 g/mol. The van der Waals surface area contributed by atoms with Crippen LogP contribution in [0.4, 0.5) is 0 Å². The number of hydrogen-bond acceptors (Lipinski definition) is 2. The third-order valence-corrected chi connectivity index (χ3v) is 3.13. The maximum atomic E-state index is 12.3. The van der Waals surface area contributed by atoms with E-state index in [0.29, 0.717) is 6.54 Å². The number of nitrogens with zero attached hydrogens (tertiary/aromatic N) is 1. The molecule has 1 heterocycles. The van der Waals surface area contributed by atoms with Gasteiger partial charge in [0.15, 0.2) is 12.5 Å². The molecule has 2 rings (SSSR count). The Labute approximate surface area is 125 Å². The van der Waals surface area contributed by atoms with Crippen molar-refractivity contribution in [3.8, 4) is 0 Å². The minimum Gasteiger partial charge on any atom is -1.00 e. The molecule has 0 aliphatic carbocycles. The second-order valence-corrected chi connectivity index (χ2v) is 4.76. The maximum absolute atomic E-state index is 12.3. The van der Waals surface area contributed by atoms with Gasteiger partial charge in [0.1, 0.15) is 6.20 Å². The minimum absolute atomic E-state index is 0. The Kier molecular flexibility index (Phi) is 5.34. The van der Waals surface area contributed by atoms with E-state index < -0.39 is 0 Å². The zero-order valence-corrected chi connectivity index (χ0v) is 13.2. The lowest BCUT2D eigenvalue weighted by atomic mass is 9.99. The van der Waals surface area contributed by atoms with E-state index in [-0.39, 0.29) is 29.8 Å². The van der Waals surface area contributed by atoms with E-state index in [9.17, 15) is 4.79 Å². The molecule has 3 nitrogen and oxygen atoms in total. The molecular formula is C14H19IN2O. The van der Waals surface area contributed by atoms with Gasteiger partial charge in [-0.15, -0.1) is 0 Å². The first kappa shape index (κ1) is 15.2. The van der Waals surface area contributed by atoms with Crippen molar-refractivity contribution in [3.05, 3.63) is 47.3 Å². The largest absolute Gasteiger partial charge is 1.00 e. The second-order valence-electron chi connectivity index (χ2n) is 4.76. The number of Topliss-reactive ketones (excluding diaryl/α,β-unsaturated/α-hetero) is 1. The maximum Gasteiger partial charge on any atom is 0.182 e. The summed E-state index contributed by atoms with van der Waals surface area (Å²) in [5, 5.41) is 0. The highest BCUT2D eigenvalue weighted by molar-refractivity contribution is 6.00. The zero-order valence-electron chi connectivity index (χ0n) is 11.0. The van der Waals surface area contributed by atoms with Crippen LogP contribution in [-0.2, 0) is 0 Å². The summed E-state index contributed by atoms with van der Waals surface area (Å²) in [6.45, 7) is 5.34. The Balaban J connectivity index is 0.00000162. The number of quaternary nitrogens is 1. The van der Waals surface area contributed by atoms with E-state index in [4.69, 9.17) is 0 Å². The Hall–Kier alpha value is -0.880. The highest BCUT2D eigenvalue weighted by Gasteiger charge is 2.19. The van der Waals surface area contributed by atoms with Crippen molar-refractivity contribution in [1.82, 2.24) is 4.90 Å². The highest BCUT2D eigenvalue weighted by Crippen LogP contribution is 2.14. The second kappa shape index (κ2) is 6.33. The zero-order chi connectivity index (χ0) is 12.4. The molecule has 1 aromatic rings. The van der Waals surface area contributed by atoms with Crippen molar-refractivity contribution >= 4 is 5.78 Å². The predicted molar refractivity (Wildman–Crippen MR) is 67.8 cm³/mol. The van der Waals surface area contributed by atoms with Crippen LogP contribution in [0.2, 0.25) is 0 Å². The van der Waals surface area contributed by atoms with Gasteiger partial charge in [0.05, 0.1) is 19.8 Å². The van der Waals surface area contributed by atoms with Crippen LogP contribution in [0.1, 0.15) is 21.5 Å². The average molecular weight is 358 g/mol. The lowest BCUT2D eigenvalue weighted by Gasteiger charge is -2.15. The van der Waals surface area contributed by atoms with E-state index in [1.807, 2.05) is 38.2 Å². The Bertz CT molecular complexity index is 451. The molecule has 1 aromatic carbocycles. The van der Waals surface area contributed by atoms with Gasteiger partial charge in [-0.2, -0.15) is 0 Å². The lowest BCUT2D eigenvalue weighted by Crippen LogP contribution is -3.03. The summed E-state index contributed by atoms with van der Waals surface area (Å²) < 4.78 is 0. The fourth-order valence-corrected chi connectivity index (χ4v) is 2.28. The third-order valence-electron chi connectivity index (χ3n) is 3.13. The topological polar surface area (TPSA) is 24.8 Å². The van der Waals surface area contributed by atoms with Crippen molar-refractivity contribution in [2.45, 2.75) is 13.8 Å². The molecule has 0 saturated carbocycles. The molecule has 1 aliphatic heterocycles. The van der Waals surface area contributed by atoms with Gasteiger partial charge < -0.3 is 28.9 Å². The van der Waals surface area contributed by atoms with Gasteiger partial charge in [0.25, 0.3) is 0 Å². The Morgan fingerprint density at radius 3 is 2.44 bits per heavy atom. The van der Waals surface area contributed by atoms with Gasteiger partial charge in [-0.3, -0.25) is 9.69 Å². The van der Waals surface area contributed by atoms with Crippen LogP contribution in [0.15, 0.2) is 30.6 Å². The molecule has 4 heteroatoms. The van der Waals surface area contributed by atoms with Crippen LogP contribution < -0.4 is 28.9 Å². The Morgan fingerprint density at radius 2 is 1.94 bits per heavy atom. The van der Waals surface area contributed by atoms with Gasteiger partial charge >= 0.3 is 0 Å². The minimum atomic E-state index is 0. The SMILES string of the molecule is Cc1cccc(C)c1C(=O)CN1C=C[NH+](C)C1.[I-]. The first-order chi connectivity index (χ1) is 8.08. The number of carbonyl (C=O) groups is 1. The van der Waals surface area contributed by atoms with Gasteiger partial charge in [-0.05, 0) is 25.0 Å². The summed E-state index contributed by atoms with van der Waals surface area (Å²) in [7, 11) is 2.08. The summed E-state index contributed by atoms with van der Waals surface area (Å²) in [6, 6.07) is 5.99. The van der Waals surface area contributed by atoms with E-state index >= 15 is 0 Å². The molecular weight excluding hydrogens is 339 g/mol. The highest BCUT2D eigenvalue weighted by atomic mass is 127. The number of rotatable bonds is 3. The van der Waals surface area contributed by atoms with Gasteiger partial charge in [-0.1, -0.05) is 18.2 Å². The van der Waals surface area contributed by atoms with E-state index in [1.54, 1.807) is 0 Å². The summed E-state index contributed by atoms with van der Waals surface area (Å²) in [4.78, 5) is 15.6. The summed E-state index contributed by atoms with van der Waals surface area (Å²) >= 11 is 0. The summed E-state index contributed by atoms with van der Waals surface area (Å²) in [5.74, 6) is 0.208. The van der Waals surface area contributed by atoms with Gasteiger partial charge in [0, 0.05) is 5.56 Å². The lowest BCUT2D eigenvalue weighted by molar-refractivity contribution is -0.826. The molecule has 18 heavy (non-hydrogen) atoms. The number of hydrogen-bond donors (Lipinski definition) is 1. The van der Waals surface area contributed by atoms with Crippen molar-refractivity contribution in [1.29, 1.82) is 0 Å². The predicted octanol–water partition coefficient (Wildman–Crippen LogP) is -2.25. The molecule has 0 aromatic heterocycles. The summed E-state index contributed by atoms with van der Waals surface area (Å²) in [5.41, 5.74) is 3.02. The number of aryl methyl sites for hydroxylation is 2. The first-order valence-electron chi connectivity index (χ1n) is 5.92. The molecule has 1 aliphatic rings. The standard InChI is InChI=1S/C14H18N2O.HI/c1-11-5-4-6-12(2)14(11)13(17)9-16-8-7-15(3)10-16;/h4-8H,9-10H2,1-3H3;1H. The molecule has 0 fully saturated rings. The molecule has 0 spiro atoms. The van der Waals surface area contributed by atoms with Crippen LogP contribution in [0.5, 0.6) is 0 Å². The molecule has 0 amide bonds. The van der Waals surface area contributed by atoms with E-state index in [0.717, 1.165) is 23.4 Å². The van der Waals surface area contributed by atoms with Crippen LogP contribution in [-0.4, -0.2) is 30.9 Å². The van der Waals surface area contributed by atoms with E-state index in [1.165, 1.54) is 4.90 Å². The fraction of sp³-hybridized carbons (Fsp3) is 0.357. The molecule has 98 valence electrons. The normalized spacial score (nSPS) is 17.7. The van der Waals surface area contributed by atoms with Crippen LogP contribution in [0.25, 0.3) is 0 Å². The molecule has 0 saturated heterocycles. The number of benzene rings is 1. The van der Waals surface area contributed by atoms with Crippen molar-refractivity contribution in [3.63, 3.8) is 0 Å². The number of ketones is 1.